The molecule has 0 fully saturated rings. The van der Waals surface area contributed by atoms with Crippen molar-refractivity contribution >= 4 is 24.3 Å². The average molecular weight is 447 g/mol. The minimum atomic E-state index is -2.26. The van der Waals surface area contributed by atoms with E-state index in [-0.39, 0.29) is 0 Å². The molecule has 0 amide bonds. The van der Waals surface area contributed by atoms with E-state index in [1.54, 1.807) is 6.08 Å². The molecule has 0 aliphatic rings. The topological polar surface area (TPSA) is 57.5 Å². The van der Waals surface area contributed by atoms with Gasteiger partial charge in [-0.3, -0.25) is 0 Å². The van der Waals surface area contributed by atoms with E-state index in [2.05, 4.69) is 27.4 Å². The van der Waals surface area contributed by atoms with Crippen LogP contribution in [0.3, 0.4) is 0 Å². The van der Waals surface area contributed by atoms with Crippen LogP contribution in [0.2, 0.25) is 17.7 Å². The molecule has 2 atom stereocenters. The van der Waals surface area contributed by atoms with Gasteiger partial charge < -0.3 is 0 Å². The molecule has 2 N–H and O–H groups in total. The number of hydrogen-bond acceptors (Lipinski definition) is 2. The van der Waals surface area contributed by atoms with Gasteiger partial charge in [-0.05, 0) is 0 Å². The van der Waals surface area contributed by atoms with Crippen LogP contribution in [0, 0.1) is 5.92 Å². The first-order valence-corrected chi connectivity index (χ1v) is 18.0. The number of carbonyl (C=O) groups is 1. The number of aliphatic hydroxyl groups excluding tert-OH is 1. The molecular formula is C20H40O3Sn. The van der Waals surface area contributed by atoms with Gasteiger partial charge in [-0.25, -0.2) is 0 Å². The van der Waals surface area contributed by atoms with Crippen molar-refractivity contribution in [1.29, 1.82) is 0 Å². The van der Waals surface area contributed by atoms with E-state index in [0.29, 0.717) is 12.8 Å². The van der Waals surface area contributed by atoms with Crippen molar-refractivity contribution in [3.8, 4) is 0 Å². The number of allylic oxidation sites excluding steroid dienone is 1. The molecule has 0 aromatic heterocycles. The molecule has 0 saturated carbocycles. The Morgan fingerprint density at radius 2 is 1.46 bits per heavy atom. The second-order valence-electron chi connectivity index (χ2n) is 7.39. The van der Waals surface area contributed by atoms with E-state index < -0.39 is 36.4 Å². The molecule has 24 heavy (non-hydrogen) atoms. The van der Waals surface area contributed by atoms with Crippen LogP contribution in [-0.2, 0) is 4.79 Å². The molecule has 0 aromatic carbocycles. The zero-order chi connectivity index (χ0) is 18.4. The van der Waals surface area contributed by atoms with Crippen LogP contribution in [0.15, 0.2) is 12.7 Å². The van der Waals surface area contributed by atoms with Gasteiger partial charge >= 0.3 is 154 Å². The molecule has 0 aliphatic heterocycles. The van der Waals surface area contributed by atoms with Crippen molar-refractivity contribution in [3.05, 3.63) is 12.7 Å². The summed E-state index contributed by atoms with van der Waals surface area (Å²) in [6, 6.07) is 0. The van der Waals surface area contributed by atoms with Crippen molar-refractivity contribution in [2.75, 3.05) is 0 Å². The Kier molecular flexibility index (Phi) is 14.2. The third kappa shape index (κ3) is 9.45. The maximum absolute atomic E-state index is 11.4. The van der Waals surface area contributed by atoms with Gasteiger partial charge in [-0.1, -0.05) is 0 Å². The van der Waals surface area contributed by atoms with Crippen molar-refractivity contribution in [3.63, 3.8) is 0 Å². The normalized spacial score (nSPS) is 14.3. The van der Waals surface area contributed by atoms with E-state index in [4.69, 9.17) is 0 Å². The van der Waals surface area contributed by atoms with Crippen LogP contribution in [-0.4, -0.2) is 40.7 Å². The summed E-state index contributed by atoms with van der Waals surface area (Å²) in [7, 11) is 0. The fraction of sp³-hybridized carbons (Fsp3) is 0.850. The van der Waals surface area contributed by atoms with Gasteiger partial charge in [0.1, 0.15) is 0 Å². The number of aliphatic carboxylic acids is 1. The molecule has 0 heterocycles. The fourth-order valence-corrected chi connectivity index (χ4v) is 20.0. The Balaban J connectivity index is 4.97. The van der Waals surface area contributed by atoms with Gasteiger partial charge in [0.2, 0.25) is 0 Å². The molecule has 0 bridgehead atoms. The fourth-order valence-electron chi connectivity index (χ4n) is 3.66. The van der Waals surface area contributed by atoms with Crippen molar-refractivity contribution in [2.24, 2.45) is 5.92 Å². The summed E-state index contributed by atoms with van der Waals surface area (Å²) in [4.78, 5) is 11.4. The summed E-state index contributed by atoms with van der Waals surface area (Å²) < 4.78 is 5.39. The third-order valence-corrected chi connectivity index (χ3v) is 21.3. The summed E-state index contributed by atoms with van der Waals surface area (Å²) in [6.45, 7) is 10.4. The van der Waals surface area contributed by atoms with Gasteiger partial charge in [-0.2, -0.15) is 0 Å². The zero-order valence-corrected chi connectivity index (χ0v) is 19.1. The van der Waals surface area contributed by atoms with Gasteiger partial charge in [0.15, 0.2) is 0 Å². The van der Waals surface area contributed by atoms with Crippen LogP contribution in [0.25, 0.3) is 0 Å². The quantitative estimate of drug-likeness (QED) is 0.230. The first kappa shape index (κ1) is 24.0. The first-order chi connectivity index (χ1) is 11.5. The van der Waals surface area contributed by atoms with Crippen molar-refractivity contribution in [1.82, 2.24) is 0 Å². The summed E-state index contributed by atoms with van der Waals surface area (Å²) in [6.07, 6.45) is 9.61. The van der Waals surface area contributed by atoms with Gasteiger partial charge in [0, 0.05) is 0 Å². The number of rotatable bonds is 16. The van der Waals surface area contributed by atoms with E-state index in [9.17, 15) is 15.0 Å². The second-order valence-corrected chi connectivity index (χ2v) is 21.7. The summed E-state index contributed by atoms with van der Waals surface area (Å²) in [5.74, 6) is -1.58. The molecular weight excluding hydrogens is 407 g/mol. The molecule has 0 radical (unpaired) electrons. The molecule has 0 spiro atoms. The number of hydrogen-bond donors (Lipinski definition) is 2. The summed E-state index contributed by atoms with van der Waals surface area (Å²) >= 11 is -2.26. The van der Waals surface area contributed by atoms with E-state index in [1.807, 2.05) is 0 Å². The Labute approximate surface area is 153 Å². The van der Waals surface area contributed by atoms with Gasteiger partial charge in [-0.15, -0.1) is 0 Å². The van der Waals surface area contributed by atoms with Crippen molar-refractivity contribution < 1.29 is 15.0 Å². The van der Waals surface area contributed by atoms with Crippen LogP contribution in [0.4, 0.5) is 0 Å². The number of carboxylic acids is 1. The van der Waals surface area contributed by atoms with Gasteiger partial charge in [0.25, 0.3) is 0 Å². The van der Waals surface area contributed by atoms with Crippen LogP contribution in [0.1, 0.15) is 72.1 Å². The zero-order valence-electron chi connectivity index (χ0n) is 16.2. The Morgan fingerprint density at radius 3 is 1.79 bits per heavy atom. The Hall–Kier alpha value is -0.0313. The van der Waals surface area contributed by atoms with Crippen LogP contribution >= 0.6 is 0 Å². The molecule has 0 aliphatic carbocycles. The summed E-state index contributed by atoms with van der Waals surface area (Å²) in [5.41, 5.74) is 0. The maximum atomic E-state index is 11.4. The predicted molar refractivity (Wildman–Crippen MR) is 106 cm³/mol. The Morgan fingerprint density at radius 1 is 1.00 bits per heavy atom. The molecule has 0 saturated heterocycles. The van der Waals surface area contributed by atoms with Crippen LogP contribution in [0.5, 0.6) is 0 Å². The van der Waals surface area contributed by atoms with E-state index in [0.717, 1.165) is 4.44 Å². The number of unbranched alkanes of at least 4 members (excludes halogenated alkanes) is 3. The monoisotopic (exact) mass is 448 g/mol. The van der Waals surface area contributed by atoms with Gasteiger partial charge in [0.05, 0.1) is 0 Å². The average Bonchev–Trinajstić information content (AvgIpc) is 2.57. The second kappa shape index (κ2) is 14.2. The third-order valence-electron chi connectivity index (χ3n) is 5.35. The molecule has 142 valence electrons. The van der Waals surface area contributed by atoms with Crippen molar-refractivity contribution in [2.45, 2.75) is 96.0 Å². The molecule has 4 heteroatoms. The predicted octanol–water partition coefficient (Wildman–Crippen LogP) is 5.86. The molecule has 0 aromatic rings. The molecule has 2 unspecified atom stereocenters. The van der Waals surface area contributed by atoms with E-state index in [1.165, 1.54) is 51.8 Å². The first-order valence-electron chi connectivity index (χ1n) is 9.98. The number of carboxylic acid groups (broad SMARTS) is 1. The van der Waals surface area contributed by atoms with Crippen LogP contribution < -0.4 is 0 Å². The molecule has 3 nitrogen and oxygen atoms in total. The number of aliphatic hydroxyl groups is 1. The SMILES string of the molecule is C=CCC(C(=O)O)C(O)C[CH2][Sn]([CH2]CCC)([CH2]CCC)[CH2]CCC. The minimum absolute atomic E-state index is 0.359. The Bertz CT molecular complexity index is 322. The van der Waals surface area contributed by atoms with E-state index >= 15 is 0 Å². The standard InChI is InChI=1S/C8H13O3.3C4H9.Sn/c1-3-5-6(8(10)11)7(9)4-2;3*1-3-4-2;/h3,6-7,9H,1-2,4-5H2,(H,10,11);3*1,3-4H2,2H3;. The molecule has 0 rings (SSSR count). The summed E-state index contributed by atoms with van der Waals surface area (Å²) in [5, 5.41) is 19.8.